The van der Waals surface area contributed by atoms with Crippen LogP contribution < -0.4 is 4.74 Å². The average molecular weight is 383 g/mol. The molecule has 0 aliphatic heterocycles. The van der Waals surface area contributed by atoms with Crippen molar-refractivity contribution in [1.29, 1.82) is 0 Å². The van der Waals surface area contributed by atoms with E-state index in [1.807, 2.05) is 24.3 Å². The maximum Gasteiger partial charge on any atom is 0.134 e. The fourth-order valence-electron chi connectivity index (χ4n) is 4.35. The Morgan fingerprint density at radius 3 is 2.25 bits per heavy atom. The van der Waals surface area contributed by atoms with E-state index in [1.54, 1.807) is 6.07 Å². The lowest BCUT2D eigenvalue weighted by molar-refractivity contribution is 0.177. The van der Waals surface area contributed by atoms with Gasteiger partial charge in [0, 0.05) is 11.6 Å². The van der Waals surface area contributed by atoms with E-state index in [-0.39, 0.29) is 5.82 Å². The van der Waals surface area contributed by atoms with Crippen molar-refractivity contribution >= 4 is 0 Å². The highest BCUT2D eigenvalue weighted by Gasteiger charge is 2.21. The van der Waals surface area contributed by atoms with Crippen LogP contribution in [0.3, 0.4) is 0 Å². The van der Waals surface area contributed by atoms with Crippen LogP contribution in [-0.2, 0) is 6.42 Å². The summed E-state index contributed by atoms with van der Waals surface area (Å²) in [5.74, 6) is 1.98. The van der Waals surface area contributed by atoms with E-state index in [0.717, 1.165) is 24.3 Å². The molecule has 0 amide bonds. The molecule has 0 bridgehead atoms. The molecular formula is C26H35FO. The molecule has 2 heteroatoms. The summed E-state index contributed by atoms with van der Waals surface area (Å²) < 4.78 is 20.6. The molecule has 1 nitrogen and oxygen atoms in total. The second-order valence-electron chi connectivity index (χ2n) is 8.43. The molecule has 3 rings (SSSR count). The van der Waals surface area contributed by atoms with Gasteiger partial charge in [0.25, 0.3) is 0 Å². The molecule has 0 radical (unpaired) electrons. The highest BCUT2D eigenvalue weighted by Crippen LogP contribution is 2.33. The molecule has 28 heavy (non-hydrogen) atoms. The Labute approximate surface area is 170 Å². The second-order valence-corrected chi connectivity index (χ2v) is 8.43. The fraction of sp³-hybridized carbons (Fsp3) is 0.538. The van der Waals surface area contributed by atoms with Crippen molar-refractivity contribution in [2.24, 2.45) is 11.8 Å². The van der Waals surface area contributed by atoms with Crippen molar-refractivity contribution in [3.8, 4) is 16.9 Å². The summed E-state index contributed by atoms with van der Waals surface area (Å²) in [6, 6.07) is 13.5. The molecular weight excluding hydrogens is 347 g/mol. The predicted molar refractivity (Wildman–Crippen MR) is 116 cm³/mol. The zero-order chi connectivity index (χ0) is 19.8. The van der Waals surface area contributed by atoms with Crippen LogP contribution in [0.4, 0.5) is 4.39 Å². The zero-order valence-electron chi connectivity index (χ0n) is 17.6. The Kier molecular flexibility index (Phi) is 7.94. The van der Waals surface area contributed by atoms with E-state index in [0.29, 0.717) is 23.8 Å². The Morgan fingerprint density at radius 2 is 1.61 bits per heavy atom. The number of benzene rings is 2. The van der Waals surface area contributed by atoms with Crippen molar-refractivity contribution in [1.82, 2.24) is 0 Å². The van der Waals surface area contributed by atoms with Gasteiger partial charge in [-0.1, -0.05) is 76.6 Å². The maximum atomic E-state index is 14.6. The van der Waals surface area contributed by atoms with E-state index in [4.69, 9.17) is 4.74 Å². The standard InChI is InChI=1S/C26H35FO/c1-3-5-7-21-8-10-22(11-9-21)19-28-24-16-17-25(26(27)18-24)23-14-12-20(6-4-2)13-15-23/h12-18,21-22H,3-11,19H2,1-2H3/t21-,22-. The summed E-state index contributed by atoms with van der Waals surface area (Å²) in [5.41, 5.74) is 2.87. The molecule has 0 unspecified atom stereocenters. The first-order valence-corrected chi connectivity index (χ1v) is 11.2. The van der Waals surface area contributed by atoms with Crippen molar-refractivity contribution in [3.05, 3.63) is 53.8 Å². The molecule has 0 N–H and O–H groups in total. The Hall–Kier alpha value is -1.83. The number of rotatable bonds is 9. The van der Waals surface area contributed by atoms with Gasteiger partial charge in [0.05, 0.1) is 6.61 Å². The van der Waals surface area contributed by atoms with Crippen LogP contribution in [0, 0.1) is 17.7 Å². The summed E-state index contributed by atoms with van der Waals surface area (Å²) in [4.78, 5) is 0. The first kappa shape index (κ1) is 20.9. The lowest BCUT2D eigenvalue weighted by Crippen LogP contribution is -2.20. The third-order valence-electron chi connectivity index (χ3n) is 6.16. The van der Waals surface area contributed by atoms with Crippen LogP contribution in [-0.4, -0.2) is 6.61 Å². The smallest absolute Gasteiger partial charge is 0.134 e. The maximum absolute atomic E-state index is 14.6. The normalized spacial score (nSPS) is 19.5. The summed E-state index contributed by atoms with van der Waals surface area (Å²) in [6.45, 7) is 5.15. The second kappa shape index (κ2) is 10.6. The van der Waals surface area contributed by atoms with Crippen LogP contribution >= 0.6 is 0 Å². The summed E-state index contributed by atoms with van der Waals surface area (Å²) in [7, 11) is 0. The topological polar surface area (TPSA) is 9.23 Å². The van der Waals surface area contributed by atoms with Crippen molar-refractivity contribution in [3.63, 3.8) is 0 Å². The van der Waals surface area contributed by atoms with E-state index < -0.39 is 0 Å². The molecule has 0 aromatic heterocycles. The van der Waals surface area contributed by atoms with Gasteiger partial charge in [-0.05, 0) is 54.4 Å². The average Bonchev–Trinajstić information content (AvgIpc) is 2.72. The van der Waals surface area contributed by atoms with Crippen LogP contribution in [0.2, 0.25) is 0 Å². The largest absolute Gasteiger partial charge is 0.493 e. The summed E-state index contributed by atoms with van der Waals surface area (Å²) >= 11 is 0. The lowest BCUT2D eigenvalue weighted by Gasteiger charge is -2.28. The van der Waals surface area contributed by atoms with Gasteiger partial charge in [-0.15, -0.1) is 0 Å². The number of unbranched alkanes of at least 4 members (excludes halogenated alkanes) is 1. The van der Waals surface area contributed by atoms with Crippen LogP contribution in [0.25, 0.3) is 11.1 Å². The molecule has 2 aromatic carbocycles. The molecule has 0 spiro atoms. The number of halogens is 1. The van der Waals surface area contributed by atoms with Gasteiger partial charge in [-0.3, -0.25) is 0 Å². The SMILES string of the molecule is CCCC[C@H]1CC[C@H](COc2ccc(-c3ccc(CCC)cc3)c(F)c2)CC1. The molecule has 0 saturated heterocycles. The number of hydrogen-bond donors (Lipinski definition) is 0. The lowest BCUT2D eigenvalue weighted by atomic mass is 9.80. The highest BCUT2D eigenvalue weighted by molar-refractivity contribution is 5.65. The first-order chi connectivity index (χ1) is 13.7. The Morgan fingerprint density at radius 1 is 0.893 bits per heavy atom. The minimum atomic E-state index is -0.205. The van der Waals surface area contributed by atoms with Crippen molar-refractivity contribution in [2.45, 2.75) is 71.6 Å². The molecule has 1 aliphatic carbocycles. The van der Waals surface area contributed by atoms with Crippen molar-refractivity contribution in [2.75, 3.05) is 6.61 Å². The molecule has 152 valence electrons. The number of aryl methyl sites for hydroxylation is 1. The highest BCUT2D eigenvalue weighted by atomic mass is 19.1. The van der Waals surface area contributed by atoms with Gasteiger partial charge in [-0.2, -0.15) is 0 Å². The van der Waals surface area contributed by atoms with E-state index in [9.17, 15) is 4.39 Å². The molecule has 0 atom stereocenters. The van der Waals surface area contributed by atoms with E-state index >= 15 is 0 Å². The third-order valence-corrected chi connectivity index (χ3v) is 6.16. The van der Waals surface area contributed by atoms with Gasteiger partial charge in [0.15, 0.2) is 0 Å². The summed E-state index contributed by atoms with van der Waals surface area (Å²) in [5, 5.41) is 0. The number of ether oxygens (including phenoxy) is 1. The van der Waals surface area contributed by atoms with Gasteiger partial charge in [-0.25, -0.2) is 4.39 Å². The molecule has 1 aliphatic rings. The van der Waals surface area contributed by atoms with E-state index in [1.165, 1.54) is 50.5 Å². The third kappa shape index (κ3) is 5.83. The monoisotopic (exact) mass is 382 g/mol. The van der Waals surface area contributed by atoms with Crippen LogP contribution in [0.1, 0.15) is 70.8 Å². The molecule has 1 fully saturated rings. The van der Waals surface area contributed by atoms with Crippen LogP contribution in [0.5, 0.6) is 5.75 Å². The van der Waals surface area contributed by atoms with Gasteiger partial charge < -0.3 is 4.74 Å². The zero-order valence-corrected chi connectivity index (χ0v) is 17.6. The molecule has 0 heterocycles. The van der Waals surface area contributed by atoms with Gasteiger partial charge >= 0.3 is 0 Å². The molecule has 1 saturated carbocycles. The summed E-state index contributed by atoms with van der Waals surface area (Å²) in [6.07, 6.45) is 11.4. The minimum Gasteiger partial charge on any atom is -0.493 e. The first-order valence-electron chi connectivity index (χ1n) is 11.2. The number of hydrogen-bond acceptors (Lipinski definition) is 1. The quantitative estimate of drug-likeness (QED) is 0.429. The van der Waals surface area contributed by atoms with Crippen LogP contribution in [0.15, 0.2) is 42.5 Å². The Bertz CT molecular complexity index is 714. The van der Waals surface area contributed by atoms with E-state index in [2.05, 4.69) is 26.0 Å². The molecule has 2 aromatic rings. The van der Waals surface area contributed by atoms with Gasteiger partial charge in [0.2, 0.25) is 0 Å². The fourth-order valence-corrected chi connectivity index (χ4v) is 4.35. The predicted octanol–water partition coefficient (Wildman–Crippen LogP) is 7.82. The van der Waals surface area contributed by atoms with Crippen molar-refractivity contribution < 1.29 is 9.13 Å². The van der Waals surface area contributed by atoms with Gasteiger partial charge in [0.1, 0.15) is 11.6 Å². The Balaban J connectivity index is 1.52. The minimum absolute atomic E-state index is 0.205.